The van der Waals surface area contributed by atoms with Crippen LogP contribution in [0.15, 0.2) is 128 Å². The van der Waals surface area contributed by atoms with Crippen molar-refractivity contribution in [1.82, 2.24) is 42.5 Å². The van der Waals surface area contributed by atoms with E-state index < -0.39 is 242 Å². The van der Waals surface area contributed by atoms with Crippen molar-refractivity contribution < 1.29 is 155 Å². The number of primary amides is 1. The smallest absolute Gasteiger partial charge is 0.467 e. The molecule has 0 bridgehead atoms. The van der Waals surface area contributed by atoms with Crippen molar-refractivity contribution in [3.8, 4) is 0 Å². The molecule has 0 spiro atoms. The van der Waals surface area contributed by atoms with E-state index in [2.05, 4.69) is 172 Å². The minimum absolute atomic E-state index is 0.119. The monoisotopic (exact) mass is 2150 g/mol. The van der Waals surface area contributed by atoms with Crippen molar-refractivity contribution in [2.45, 2.75) is 417 Å². The molecule has 0 aromatic rings. The molecule has 149 heavy (non-hydrogen) atoms. The van der Waals surface area contributed by atoms with Crippen LogP contribution in [0.1, 0.15) is 313 Å². The average Bonchev–Trinajstić information content (AvgIpc) is 0.757. The Labute approximate surface area is 876 Å². The maximum atomic E-state index is 14.6. The molecule has 2 aliphatic heterocycles. The van der Waals surface area contributed by atoms with Crippen molar-refractivity contribution in [2.75, 3.05) is 33.5 Å². The largest absolute Gasteiger partial charge is 0.483 e. The quantitative estimate of drug-likeness (QED) is 0.00885. The van der Waals surface area contributed by atoms with Crippen LogP contribution < -0.4 is 48.3 Å². The lowest BCUT2D eigenvalue weighted by Crippen LogP contribution is -2.70. The molecule has 44 heteroatoms. The van der Waals surface area contributed by atoms with Crippen LogP contribution in [0.5, 0.6) is 0 Å². The molecule has 0 saturated carbocycles. The summed E-state index contributed by atoms with van der Waals surface area (Å²) in [6, 6.07) is -11.6. The third-order valence-corrected chi connectivity index (χ3v) is 26.5. The van der Waals surface area contributed by atoms with Crippen molar-refractivity contribution in [1.29, 1.82) is 0 Å². The first kappa shape index (κ1) is 135. The highest BCUT2D eigenvalue weighted by molar-refractivity contribution is 7.61. The molecule has 2 rings (SSSR count). The van der Waals surface area contributed by atoms with E-state index in [1.54, 1.807) is 12.2 Å². The van der Waals surface area contributed by atoms with Gasteiger partial charge in [0.2, 0.25) is 47.3 Å². The summed E-state index contributed by atoms with van der Waals surface area (Å²) in [6.45, 7) is 33.1. The van der Waals surface area contributed by atoms with Crippen LogP contribution in [0.3, 0.4) is 0 Å². The molecule has 2 heterocycles. The minimum atomic E-state index is -6.11. The third-order valence-electron chi connectivity index (χ3n) is 23.9. The molecule has 842 valence electrons. The number of hydrogen-bond donors (Lipinski definition) is 11. The molecule has 0 aliphatic carbocycles. The van der Waals surface area contributed by atoms with Crippen LogP contribution in [-0.2, 0) is 132 Å². The standard InChI is InChI=1S/C105H166F3N9O30P2/c1-64(2)36-26-37-65(3)38-27-39-66(4)40-28-41-67(5)42-29-43-68(6)44-30-45-69(7)46-31-47-70(8)48-32-49-71(9)50-33-51-72(10)52-34-53-73(11)54-35-55-74(12)59-61-139-148(132,133)147-149(134,135)146-103-91(115-80(18)119)94(93(88(144-103)63-138-82(20)121)145-102-90(114-79(17)118)95(142-84(22)123)92(141-83(21)122)87(143-102)62-137-81(19)120)140-78(16)99(128)111-76(14)98(127)117-85(96(109)125)57-58-89(124)116-86(56-24-25-60-110-104(131)105(106,107)108)100(129)112-75(13)97(126)113-77(15)101(130)136-23/h36,38,40,42,44,46,48,50,52,54,59,75-78,85-88,90-95,102-103H,24-35,37,39,41,43,45,47,49,51,53,55-58,60-63H2,1-23H3,(H2,109,125)(H,110,131)(H,111,128)(H,112,129)(H,113,126)(H,114,118)(H,115,119)(H,116,124)(H,117,127)(H,132,133)(H,134,135)/b65-38+,66-40+,67-42+,68-44-,69-46-,70-48-,71-50-,72-52-,73-54-,74-59-/t75-,76+,77-,78-,85-,86+,87-,88-,90-,91-,92-,93-,94-,95-,102+,103-/m1/s1. The van der Waals surface area contributed by atoms with Gasteiger partial charge in [0.05, 0.1) is 13.7 Å². The van der Waals surface area contributed by atoms with E-state index in [4.69, 9.17) is 57.0 Å². The number of allylic oxidation sites excluding steroid dienone is 21. The summed E-state index contributed by atoms with van der Waals surface area (Å²) >= 11 is 0. The van der Waals surface area contributed by atoms with Crippen LogP contribution in [0, 0.1) is 0 Å². The number of phosphoric acid groups is 2. The number of esters is 5. The van der Waals surface area contributed by atoms with Crippen LogP contribution in [-0.4, -0.2) is 230 Å². The Morgan fingerprint density at radius 3 is 1.16 bits per heavy atom. The summed E-state index contributed by atoms with van der Waals surface area (Å²) < 4.78 is 134. The number of carbonyl (C=O) groups is 14. The van der Waals surface area contributed by atoms with Crippen LogP contribution in [0.2, 0.25) is 0 Å². The molecule has 0 radical (unpaired) electrons. The highest BCUT2D eigenvalue weighted by Gasteiger charge is 2.58. The van der Waals surface area contributed by atoms with Gasteiger partial charge in [0, 0.05) is 54.5 Å². The van der Waals surface area contributed by atoms with Crippen LogP contribution >= 0.6 is 15.6 Å². The average molecular weight is 2150 g/mol. The Morgan fingerprint density at radius 2 is 0.779 bits per heavy atom. The molecular formula is C105H166F3N9O30P2. The van der Waals surface area contributed by atoms with Crippen LogP contribution in [0.4, 0.5) is 13.2 Å². The Kier molecular flexibility index (Phi) is 63.9. The number of phosphoric ester groups is 2. The number of alkyl halides is 3. The Bertz CT molecular complexity index is 4880. The number of amides is 9. The topological polar surface area (TPSA) is 547 Å². The second-order valence-electron chi connectivity index (χ2n) is 38.3. The molecule has 2 saturated heterocycles. The fourth-order valence-electron chi connectivity index (χ4n) is 15.5. The second-order valence-corrected chi connectivity index (χ2v) is 41.3. The van der Waals surface area contributed by atoms with Gasteiger partial charge in [-0.05, 0) is 265 Å². The van der Waals surface area contributed by atoms with Gasteiger partial charge in [-0.2, -0.15) is 17.5 Å². The normalized spacial score (nSPS) is 20.9. The molecular weight excluding hydrogens is 1990 g/mol. The molecule has 2 fully saturated rings. The summed E-state index contributed by atoms with van der Waals surface area (Å²) in [5, 5.41) is 18.1. The van der Waals surface area contributed by atoms with E-state index in [9.17, 15) is 99.2 Å². The zero-order valence-electron chi connectivity index (χ0n) is 91.0. The number of nitrogens with one attached hydrogen (secondary N) is 8. The Hall–Kier alpha value is -10.4. The molecule has 2 aliphatic rings. The molecule has 0 aromatic heterocycles. The number of ether oxygens (including phenoxy) is 9. The van der Waals surface area contributed by atoms with Crippen molar-refractivity contribution in [2.24, 2.45) is 5.73 Å². The van der Waals surface area contributed by atoms with Gasteiger partial charge in [-0.25, -0.2) is 13.9 Å². The highest BCUT2D eigenvalue weighted by atomic mass is 31.3. The van der Waals surface area contributed by atoms with Gasteiger partial charge in [0.15, 0.2) is 24.8 Å². The number of halogens is 3. The third kappa shape index (κ3) is 59.3. The summed E-state index contributed by atoms with van der Waals surface area (Å²) in [4.78, 5) is 205. The fraction of sp³-hybridized carbons (Fsp3) is 0.657. The Balaban J connectivity index is 2.34. The van der Waals surface area contributed by atoms with E-state index in [1.165, 1.54) is 70.1 Å². The van der Waals surface area contributed by atoms with Gasteiger partial charge in [-0.15, -0.1) is 0 Å². The van der Waals surface area contributed by atoms with Crippen molar-refractivity contribution in [3.63, 3.8) is 0 Å². The minimum Gasteiger partial charge on any atom is -0.467 e. The van der Waals surface area contributed by atoms with Gasteiger partial charge in [-0.3, -0.25) is 71.4 Å². The van der Waals surface area contributed by atoms with Crippen LogP contribution in [0.25, 0.3) is 0 Å². The van der Waals surface area contributed by atoms with Gasteiger partial charge >= 0.3 is 57.6 Å². The highest BCUT2D eigenvalue weighted by Crippen LogP contribution is 2.61. The molecule has 18 atom stereocenters. The van der Waals surface area contributed by atoms with Gasteiger partial charge in [0.25, 0.3) is 0 Å². The van der Waals surface area contributed by atoms with Gasteiger partial charge < -0.3 is 101 Å². The maximum absolute atomic E-state index is 14.6. The van der Waals surface area contributed by atoms with E-state index in [-0.39, 0.29) is 19.3 Å². The maximum Gasteiger partial charge on any atom is 0.483 e. The summed E-state index contributed by atoms with van der Waals surface area (Å²) in [7, 11) is -10.7. The zero-order chi connectivity index (χ0) is 113. The molecule has 12 N–H and O–H groups in total. The molecule has 2 unspecified atom stereocenters. The zero-order valence-corrected chi connectivity index (χ0v) is 92.8. The number of hydrogen-bond acceptors (Lipinski definition) is 28. The summed E-state index contributed by atoms with van der Waals surface area (Å²) in [6.07, 6.45) is 19.0. The van der Waals surface area contributed by atoms with E-state index in [0.29, 0.717) is 18.4 Å². The second kappa shape index (κ2) is 70.7. The first-order chi connectivity index (χ1) is 69.7. The fourth-order valence-corrected chi connectivity index (χ4v) is 17.6. The number of carbonyl (C=O) groups excluding carboxylic acids is 14. The number of methoxy groups -OCH3 is 1. The van der Waals surface area contributed by atoms with E-state index in [0.717, 1.165) is 184 Å². The lowest BCUT2D eigenvalue weighted by Gasteiger charge is -2.50. The molecule has 9 amide bonds. The van der Waals surface area contributed by atoms with Crippen molar-refractivity contribution >= 4 is 98.7 Å². The van der Waals surface area contributed by atoms with Gasteiger partial charge in [0.1, 0.15) is 86.0 Å². The Morgan fingerprint density at radius 1 is 0.409 bits per heavy atom. The van der Waals surface area contributed by atoms with E-state index in [1.807, 2.05) is 6.92 Å². The first-order valence-electron chi connectivity index (χ1n) is 50.6. The van der Waals surface area contributed by atoms with E-state index >= 15 is 0 Å². The lowest BCUT2D eigenvalue weighted by atomic mass is 9.93. The predicted octanol–water partition coefficient (Wildman–Crippen LogP) is 14.8. The first-order valence-corrected chi connectivity index (χ1v) is 53.6. The number of unbranched alkanes of at least 4 members (excludes halogenated alkanes) is 1. The van der Waals surface area contributed by atoms with Crippen molar-refractivity contribution in [3.05, 3.63) is 128 Å². The predicted molar refractivity (Wildman–Crippen MR) is 553 cm³/mol. The summed E-state index contributed by atoms with van der Waals surface area (Å²) in [5.41, 5.74) is 20.2. The number of nitrogens with two attached hydrogens (primary N) is 1. The molecule has 0 aromatic carbocycles. The number of rotatable bonds is 68. The summed E-state index contributed by atoms with van der Waals surface area (Å²) in [5.74, 6) is -15.7. The van der Waals surface area contributed by atoms with Gasteiger partial charge in [-0.1, -0.05) is 128 Å². The SMILES string of the molecule is COC(=O)[C@@H](C)NC(=O)[C@@H](C)NC(=O)[C@H](CCCCNC(=O)C(F)(F)F)NC(=O)CC[C@@H](NC(=O)[C@H](C)NC(=O)[C@@H](C)O[C@@H]1[C@@H](NC(C)=O)[C@@H](OP(=O)(O)OP(=O)(O)OC/C=C(/C)CC/C=C(/C)CC/C=C(/C)CC/C=C(/C)CC/C=C(/C)CC/C=C(/C)CC/C=C(/C)CC/C=C(\C)CC/C=C(\C)CC/C=C(\C)CCC=C(C)C)O[C@H](COC(C)=O)[C@H]1O[C@@H]1O[C@H](COC(C)=O)[C@@H](OC(C)=O)[C@H](OC(C)=O)[C@H]1NC(C)=O)C(N)=O. The molecule has 39 nitrogen and oxygen atoms in total. The lowest BCUT2D eigenvalue weighted by molar-refractivity contribution is -0.332.